The standard InChI is InChI=1S/C22H22Cl2N4O3S/c1-14-12-17(15(2)28(14)20-7-5-6-19(23)21(20)24)13-25-26-22(29)16-8-10-18(11-9-16)27(3)32(4,30)31/h5-13H,1-4H3,(H,26,29)/b25-13-. The highest BCUT2D eigenvalue weighted by molar-refractivity contribution is 7.92. The van der Waals surface area contributed by atoms with E-state index in [4.69, 9.17) is 23.2 Å². The van der Waals surface area contributed by atoms with Gasteiger partial charge in [0.25, 0.3) is 5.91 Å². The zero-order valence-electron chi connectivity index (χ0n) is 17.9. The number of hydrogen-bond acceptors (Lipinski definition) is 4. The summed E-state index contributed by atoms with van der Waals surface area (Å²) in [5.41, 5.74) is 6.69. The van der Waals surface area contributed by atoms with Crippen molar-refractivity contribution in [3.8, 4) is 5.69 Å². The second kappa shape index (κ2) is 9.36. The maximum absolute atomic E-state index is 12.4. The van der Waals surface area contributed by atoms with E-state index in [2.05, 4.69) is 10.5 Å². The van der Waals surface area contributed by atoms with Crippen LogP contribution in [0.4, 0.5) is 5.69 Å². The highest BCUT2D eigenvalue weighted by atomic mass is 35.5. The summed E-state index contributed by atoms with van der Waals surface area (Å²) in [4.78, 5) is 12.4. The first-order valence-electron chi connectivity index (χ1n) is 9.51. The van der Waals surface area contributed by atoms with Crippen molar-refractivity contribution < 1.29 is 13.2 Å². The average Bonchev–Trinajstić information content (AvgIpc) is 3.02. The van der Waals surface area contributed by atoms with E-state index in [-0.39, 0.29) is 0 Å². The van der Waals surface area contributed by atoms with E-state index in [0.717, 1.165) is 33.2 Å². The first-order valence-corrected chi connectivity index (χ1v) is 12.1. The number of carbonyl (C=O) groups is 1. The molecule has 0 saturated carbocycles. The molecule has 2 aromatic carbocycles. The lowest BCUT2D eigenvalue weighted by atomic mass is 10.2. The van der Waals surface area contributed by atoms with Crippen molar-refractivity contribution in [2.45, 2.75) is 13.8 Å². The molecule has 3 aromatic rings. The second-order valence-corrected chi connectivity index (χ2v) is 10.0. The summed E-state index contributed by atoms with van der Waals surface area (Å²) in [6.07, 6.45) is 2.67. The van der Waals surface area contributed by atoms with Crippen LogP contribution in [0.25, 0.3) is 5.69 Å². The summed E-state index contributed by atoms with van der Waals surface area (Å²) in [5.74, 6) is -0.415. The number of sulfonamides is 1. The van der Waals surface area contributed by atoms with Crippen LogP contribution in [0.1, 0.15) is 27.3 Å². The van der Waals surface area contributed by atoms with E-state index < -0.39 is 15.9 Å². The fourth-order valence-corrected chi connectivity index (χ4v) is 4.08. The molecule has 0 atom stereocenters. The van der Waals surface area contributed by atoms with Crippen molar-refractivity contribution in [3.63, 3.8) is 0 Å². The molecule has 0 bridgehead atoms. The van der Waals surface area contributed by atoms with Gasteiger partial charge in [-0.25, -0.2) is 13.8 Å². The van der Waals surface area contributed by atoms with Crippen molar-refractivity contribution in [3.05, 3.63) is 81.1 Å². The zero-order chi connectivity index (χ0) is 23.6. The first kappa shape index (κ1) is 23.8. The van der Waals surface area contributed by atoms with Crippen LogP contribution in [0.5, 0.6) is 0 Å². The van der Waals surface area contributed by atoms with E-state index in [9.17, 15) is 13.2 Å². The minimum absolute atomic E-state index is 0.351. The Kier molecular flexibility index (Phi) is 6.97. The van der Waals surface area contributed by atoms with Gasteiger partial charge in [-0.3, -0.25) is 9.10 Å². The number of anilines is 1. The van der Waals surface area contributed by atoms with E-state index in [1.165, 1.54) is 19.2 Å². The summed E-state index contributed by atoms with van der Waals surface area (Å²) in [5, 5.41) is 4.98. The number of amides is 1. The fraction of sp³-hybridized carbons (Fsp3) is 0.182. The third kappa shape index (κ3) is 4.98. The SMILES string of the molecule is Cc1cc(/C=N\NC(=O)c2ccc(N(C)S(C)(=O)=O)cc2)c(C)n1-c1cccc(Cl)c1Cl. The molecule has 168 valence electrons. The highest BCUT2D eigenvalue weighted by Crippen LogP contribution is 2.31. The van der Waals surface area contributed by atoms with Crippen LogP contribution in [-0.4, -0.2) is 38.4 Å². The highest BCUT2D eigenvalue weighted by Gasteiger charge is 2.15. The zero-order valence-corrected chi connectivity index (χ0v) is 20.3. The predicted molar refractivity (Wildman–Crippen MR) is 130 cm³/mol. The lowest BCUT2D eigenvalue weighted by Gasteiger charge is -2.16. The van der Waals surface area contributed by atoms with Gasteiger partial charge in [0.05, 0.1) is 33.9 Å². The molecule has 0 unspecified atom stereocenters. The summed E-state index contributed by atoms with van der Waals surface area (Å²) < 4.78 is 26.3. The van der Waals surface area contributed by atoms with E-state index in [1.807, 2.05) is 36.6 Å². The van der Waals surface area contributed by atoms with Gasteiger partial charge in [0.2, 0.25) is 10.0 Å². The van der Waals surface area contributed by atoms with Crippen molar-refractivity contribution in [2.24, 2.45) is 5.10 Å². The van der Waals surface area contributed by atoms with Crippen molar-refractivity contribution in [1.29, 1.82) is 0 Å². The van der Waals surface area contributed by atoms with Crippen molar-refractivity contribution in [1.82, 2.24) is 9.99 Å². The molecule has 32 heavy (non-hydrogen) atoms. The van der Waals surface area contributed by atoms with Gasteiger partial charge in [0.1, 0.15) is 0 Å². The second-order valence-electron chi connectivity index (χ2n) is 7.21. The van der Waals surface area contributed by atoms with Gasteiger partial charge in [-0.2, -0.15) is 5.10 Å². The van der Waals surface area contributed by atoms with Crippen LogP contribution in [0.2, 0.25) is 10.0 Å². The third-order valence-corrected chi connectivity index (χ3v) is 7.02. The molecule has 0 spiro atoms. The number of nitrogens with one attached hydrogen (secondary N) is 1. The number of hydrazone groups is 1. The van der Waals surface area contributed by atoms with Crippen molar-refractivity contribution in [2.75, 3.05) is 17.6 Å². The third-order valence-electron chi connectivity index (χ3n) is 5.00. The predicted octanol–water partition coefficient (Wildman–Crippen LogP) is 4.56. The average molecular weight is 493 g/mol. The molecule has 1 amide bonds. The maximum atomic E-state index is 12.4. The first-order chi connectivity index (χ1) is 15.0. The Morgan fingerprint density at radius 2 is 1.78 bits per heavy atom. The number of halogens is 2. The Morgan fingerprint density at radius 3 is 2.41 bits per heavy atom. The molecule has 3 rings (SSSR count). The molecule has 0 aliphatic carbocycles. The van der Waals surface area contributed by atoms with Crippen LogP contribution >= 0.6 is 23.2 Å². The van der Waals surface area contributed by atoms with Gasteiger partial charge in [-0.1, -0.05) is 29.3 Å². The number of benzene rings is 2. The molecule has 1 aromatic heterocycles. The number of nitrogens with zero attached hydrogens (tertiary/aromatic N) is 3. The topological polar surface area (TPSA) is 83.8 Å². The number of rotatable bonds is 6. The van der Waals surface area contributed by atoms with Crippen LogP contribution in [0, 0.1) is 13.8 Å². The van der Waals surface area contributed by atoms with Gasteiger partial charge in [0, 0.05) is 29.6 Å². The molecular formula is C22H22Cl2N4O3S. The molecule has 0 aliphatic rings. The Morgan fingerprint density at radius 1 is 1.12 bits per heavy atom. The summed E-state index contributed by atoms with van der Waals surface area (Å²) in [7, 11) is -1.93. The van der Waals surface area contributed by atoms with Gasteiger partial charge < -0.3 is 4.57 Å². The van der Waals surface area contributed by atoms with Gasteiger partial charge in [0.15, 0.2) is 0 Å². The van der Waals surface area contributed by atoms with Crippen LogP contribution in [0.3, 0.4) is 0 Å². The van der Waals surface area contributed by atoms with E-state index >= 15 is 0 Å². The molecule has 10 heteroatoms. The molecular weight excluding hydrogens is 471 g/mol. The number of aryl methyl sites for hydroxylation is 1. The Hall–Kier alpha value is -2.81. The summed E-state index contributed by atoms with van der Waals surface area (Å²) >= 11 is 12.5. The number of hydrogen-bond donors (Lipinski definition) is 1. The van der Waals surface area contributed by atoms with Crippen LogP contribution < -0.4 is 9.73 Å². The summed E-state index contributed by atoms with van der Waals surface area (Å²) in [6, 6.07) is 13.5. The Labute approximate surface area is 197 Å². The Bertz CT molecular complexity index is 1300. The Balaban J connectivity index is 1.75. The minimum Gasteiger partial charge on any atom is -0.316 e. The molecule has 0 saturated heterocycles. The van der Waals surface area contributed by atoms with Gasteiger partial charge in [-0.15, -0.1) is 0 Å². The lowest BCUT2D eigenvalue weighted by molar-refractivity contribution is 0.0955. The number of aromatic nitrogens is 1. The molecule has 1 N–H and O–H groups in total. The fourth-order valence-electron chi connectivity index (χ4n) is 3.19. The monoisotopic (exact) mass is 492 g/mol. The van der Waals surface area contributed by atoms with E-state index in [1.54, 1.807) is 24.4 Å². The van der Waals surface area contributed by atoms with E-state index in [0.29, 0.717) is 21.3 Å². The summed E-state index contributed by atoms with van der Waals surface area (Å²) in [6.45, 7) is 3.86. The number of carbonyl (C=O) groups excluding carboxylic acids is 1. The van der Waals surface area contributed by atoms with Crippen LogP contribution in [0.15, 0.2) is 53.6 Å². The molecule has 0 aliphatic heterocycles. The minimum atomic E-state index is -3.37. The van der Waals surface area contributed by atoms with Crippen molar-refractivity contribution >= 4 is 51.0 Å². The smallest absolute Gasteiger partial charge is 0.271 e. The lowest BCUT2D eigenvalue weighted by Crippen LogP contribution is -2.25. The largest absolute Gasteiger partial charge is 0.316 e. The maximum Gasteiger partial charge on any atom is 0.271 e. The van der Waals surface area contributed by atoms with Crippen LogP contribution in [-0.2, 0) is 10.0 Å². The van der Waals surface area contributed by atoms with Gasteiger partial charge >= 0.3 is 0 Å². The molecule has 0 fully saturated rings. The quantitative estimate of drug-likeness (QED) is 0.404. The normalized spacial score (nSPS) is 11.7. The van der Waals surface area contributed by atoms with Gasteiger partial charge in [-0.05, 0) is 56.3 Å². The molecule has 0 radical (unpaired) electrons. The molecule has 7 nitrogen and oxygen atoms in total. The molecule has 1 heterocycles.